The Balaban J connectivity index is 2.19. The van der Waals surface area contributed by atoms with E-state index in [0.717, 1.165) is 17.5 Å². The number of rotatable bonds is 4. The van der Waals surface area contributed by atoms with Crippen molar-refractivity contribution in [3.8, 4) is 0 Å². The molecule has 0 aliphatic rings. The molecule has 0 saturated heterocycles. The van der Waals surface area contributed by atoms with Gasteiger partial charge in [-0.3, -0.25) is 0 Å². The molecule has 1 N–H and O–H groups in total. The van der Waals surface area contributed by atoms with E-state index in [-0.39, 0.29) is 0 Å². The summed E-state index contributed by atoms with van der Waals surface area (Å²) in [5, 5.41) is 10.4. The van der Waals surface area contributed by atoms with Crippen LogP contribution in [0.1, 0.15) is 54.5 Å². The standard InChI is InChI=1S/C18H22O/c1-4-14(3)15-9-11-17(12-10-15)18(19)16-7-5-13(2)6-8-16/h5-12,14,18-19H,4H2,1-3H3. The molecular weight excluding hydrogens is 232 g/mol. The number of aliphatic hydroxyl groups is 1. The van der Waals surface area contributed by atoms with E-state index in [1.807, 2.05) is 36.4 Å². The van der Waals surface area contributed by atoms with Crippen LogP contribution in [0.3, 0.4) is 0 Å². The van der Waals surface area contributed by atoms with Gasteiger partial charge in [-0.15, -0.1) is 0 Å². The summed E-state index contributed by atoms with van der Waals surface area (Å²) in [4.78, 5) is 0. The van der Waals surface area contributed by atoms with Crippen LogP contribution in [-0.2, 0) is 0 Å². The lowest BCUT2D eigenvalue weighted by molar-refractivity contribution is 0.220. The fraction of sp³-hybridized carbons (Fsp3) is 0.333. The van der Waals surface area contributed by atoms with Gasteiger partial charge in [-0.05, 0) is 36.0 Å². The zero-order valence-corrected chi connectivity index (χ0v) is 11.9. The van der Waals surface area contributed by atoms with Gasteiger partial charge in [0.25, 0.3) is 0 Å². The second kappa shape index (κ2) is 6.03. The molecule has 1 nitrogen and oxygen atoms in total. The van der Waals surface area contributed by atoms with Crippen LogP contribution in [0.15, 0.2) is 48.5 Å². The summed E-state index contributed by atoms with van der Waals surface area (Å²) in [5.74, 6) is 0.575. The molecule has 2 aromatic carbocycles. The van der Waals surface area contributed by atoms with Gasteiger partial charge in [0.05, 0.1) is 0 Å². The second-order valence-corrected chi connectivity index (χ2v) is 5.29. The van der Waals surface area contributed by atoms with Gasteiger partial charge in [-0.2, -0.15) is 0 Å². The predicted octanol–water partition coefficient (Wildman–Crippen LogP) is 4.59. The van der Waals surface area contributed by atoms with Crippen molar-refractivity contribution in [1.82, 2.24) is 0 Å². The smallest absolute Gasteiger partial charge is 0.104 e. The van der Waals surface area contributed by atoms with Crippen molar-refractivity contribution in [3.05, 3.63) is 70.8 Å². The Bertz CT molecular complexity index is 510. The van der Waals surface area contributed by atoms with Gasteiger partial charge in [-0.25, -0.2) is 0 Å². The summed E-state index contributed by atoms with van der Waals surface area (Å²) in [6.45, 7) is 6.47. The summed E-state index contributed by atoms with van der Waals surface area (Å²) in [5.41, 5.74) is 4.45. The maximum absolute atomic E-state index is 10.4. The van der Waals surface area contributed by atoms with Gasteiger partial charge < -0.3 is 5.11 Å². The third kappa shape index (κ3) is 3.24. The second-order valence-electron chi connectivity index (χ2n) is 5.29. The third-order valence-electron chi connectivity index (χ3n) is 3.83. The zero-order valence-electron chi connectivity index (χ0n) is 11.9. The summed E-state index contributed by atoms with van der Waals surface area (Å²) in [6.07, 6.45) is 0.603. The molecule has 0 aliphatic heterocycles. The Morgan fingerprint density at radius 1 is 0.842 bits per heavy atom. The van der Waals surface area contributed by atoms with Crippen molar-refractivity contribution in [2.24, 2.45) is 0 Å². The third-order valence-corrected chi connectivity index (χ3v) is 3.83. The van der Waals surface area contributed by atoms with Crippen LogP contribution in [-0.4, -0.2) is 5.11 Å². The van der Waals surface area contributed by atoms with Gasteiger partial charge in [0.2, 0.25) is 0 Å². The first-order chi connectivity index (χ1) is 9.11. The van der Waals surface area contributed by atoms with Crippen molar-refractivity contribution in [3.63, 3.8) is 0 Å². The van der Waals surface area contributed by atoms with Crippen molar-refractivity contribution >= 4 is 0 Å². The number of hydrogen-bond donors (Lipinski definition) is 1. The van der Waals surface area contributed by atoms with E-state index >= 15 is 0 Å². The lowest BCUT2D eigenvalue weighted by atomic mass is 9.95. The summed E-state index contributed by atoms with van der Waals surface area (Å²) in [6, 6.07) is 16.4. The van der Waals surface area contributed by atoms with E-state index in [2.05, 4.69) is 32.9 Å². The molecule has 0 aromatic heterocycles. The zero-order chi connectivity index (χ0) is 13.8. The lowest BCUT2D eigenvalue weighted by Gasteiger charge is -2.14. The SMILES string of the molecule is CCC(C)c1ccc(C(O)c2ccc(C)cc2)cc1. The number of aryl methyl sites for hydroxylation is 1. The average Bonchev–Trinajstić information content (AvgIpc) is 2.46. The summed E-state index contributed by atoms with van der Waals surface area (Å²) in [7, 11) is 0. The van der Waals surface area contributed by atoms with Crippen molar-refractivity contribution in [2.75, 3.05) is 0 Å². The first-order valence-electron chi connectivity index (χ1n) is 6.96. The minimum absolute atomic E-state index is 0.536. The molecule has 0 heterocycles. The fourth-order valence-electron chi connectivity index (χ4n) is 2.18. The first kappa shape index (κ1) is 13.8. The molecule has 0 fully saturated rings. The molecule has 0 saturated carbocycles. The molecule has 19 heavy (non-hydrogen) atoms. The Morgan fingerprint density at radius 2 is 1.26 bits per heavy atom. The van der Waals surface area contributed by atoms with Crippen molar-refractivity contribution in [1.29, 1.82) is 0 Å². The molecule has 1 heteroatoms. The highest BCUT2D eigenvalue weighted by molar-refractivity contribution is 5.33. The van der Waals surface area contributed by atoms with E-state index < -0.39 is 6.10 Å². The Morgan fingerprint density at radius 3 is 1.74 bits per heavy atom. The molecule has 0 aliphatic carbocycles. The molecule has 2 rings (SSSR count). The topological polar surface area (TPSA) is 20.2 Å². The Hall–Kier alpha value is -1.60. The van der Waals surface area contributed by atoms with Crippen molar-refractivity contribution < 1.29 is 5.11 Å². The first-order valence-corrected chi connectivity index (χ1v) is 6.96. The van der Waals surface area contributed by atoms with E-state index in [4.69, 9.17) is 0 Å². The predicted molar refractivity (Wildman–Crippen MR) is 80.4 cm³/mol. The van der Waals surface area contributed by atoms with Gasteiger partial charge in [-0.1, -0.05) is 67.9 Å². The number of aliphatic hydroxyl groups excluding tert-OH is 1. The molecule has 0 spiro atoms. The molecule has 100 valence electrons. The van der Waals surface area contributed by atoms with E-state index in [0.29, 0.717) is 5.92 Å². The fourth-order valence-corrected chi connectivity index (χ4v) is 2.18. The lowest BCUT2D eigenvalue weighted by Crippen LogP contribution is -2.00. The maximum atomic E-state index is 10.4. The van der Waals surface area contributed by atoms with Crippen LogP contribution in [0.5, 0.6) is 0 Å². The van der Waals surface area contributed by atoms with Gasteiger partial charge in [0.15, 0.2) is 0 Å². The molecule has 2 aromatic rings. The Kier molecular flexibility index (Phi) is 4.39. The van der Waals surface area contributed by atoms with Crippen LogP contribution in [0.4, 0.5) is 0 Å². The van der Waals surface area contributed by atoms with Gasteiger partial charge in [0, 0.05) is 0 Å². The Labute approximate surface area is 115 Å². The van der Waals surface area contributed by atoms with Gasteiger partial charge in [0.1, 0.15) is 6.10 Å². The minimum Gasteiger partial charge on any atom is -0.384 e. The van der Waals surface area contributed by atoms with Gasteiger partial charge >= 0.3 is 0 Å². The molecular formula is C18H22O. The molecule has 0 radical (unpaired) electrons. The van der Waals surface area contributed by atoms with Crippen molar-refractivity contribution in [2.45, 2.75) is 39.2 Å². The highest BCUT2D eigenvalue weighted by Crippen LogP contribution is 2.25. The molecule has 2 unspecified atom stereocenters. The number of hydrogen-bond acceptors (Lipinski definition) is 1. The van der Waals surface area contributed by atoms with E-state index in [9.17, 15) is 5.11 Å². The number of benzene rings is 2. The summed E-state index contributed by atoms with van der Waals surface area (Å²) < 4.78 is 0. The monoisotopic (exact) mass is 254 g/mol. The quantitative estimate of drug-likeness (QED) is 0.846. The van der Waals surface area contributed by atoms with Crippen LogP contribution in [0.25, 0.3) is 0 Å². The maximum Gasteiger partial charge on any atom is 0.104 e. The van der Waals surface area contributed by atoms with E-state index in [1.165, 1.54) is 11.1 Å². The average molecular weight is 254 g/mol. The van der Waals surface area contributed by atoms with E-state index in [1.54, 1.807) is 0 Å². The molecule has 0 bridgehead atoms. The normalized spacial score (nSPS) is 14.1. The highest BCUT2D eigenvalue weighted by atomic mass is 16.3. The summed E-state index contributed by atoms with van der Waals surface area (Å²) >= 11 is 0. The minimum atomic E-state index is -0.536. The molecule has 0 amide bonds. The largest absolute Gasteiger partial charge is 0.384 e. The van der Waals surface area contributed by atoms with Crippen LogP contribution in [0, 0.1) is 6.92 Å². The van der Waals surface area contributed by atoms with Crippen LogP contribution < -0.4 is 0 Å². The van der Waals surface area contributed by atoms with Crippen LogP contribution >= 0.6 is 0 Å². The highest BCUT2D eigenvalue weighted by Gasteiger charge is 2.10. The molecule has 2 atom stereocenters. The van der Waals surface area contributed by atoms with Crippen LogP contribution in [0.2, 0.25) is 0 Å².